The Hall–Kier alpha value is -1.39. The van der Waals surface area contributed by atoms with Gasteiger partial charge in [-0.25, -0.2) is 0 Å². The van der Waals surface area contributed by atoms with E-state index in [1.54, 1.807) is 7.05 Å². The number of imide groups is 1. The maximum Gasteiger partial charge on any atom is 0.233 e. The van der Waals surface area contributed by atoms with Crippen molar-refractivity contribution in [1.82, 2.24) is 9.80 Å². The van der Waals surface area contributed by atoms with Crippen LogP contribution < -0.4 is 0 Å². The highest BCUT2D eigenvalue weighted by atomic mass is 16.2. The Bertz CT molecular complexity index is 527. The number of rotatable bonds is 3. The summed E-state index contributed by atoms with van der Waals surface area (Å²) in [5.41, 5.74) is 0. The molecular weight excluding hydrogens is 304 g/mol. The Morgan fingerprint density at radius 2 is 1.75 bits per heavy atom. The van der Waals surface area contributed by atoms with Crippen LogP contribution in [0.15, 0.2) is 0 Å². The number of hydrogen-bond donors (Lipinski definition) is 0. The van der Waals surface area contributed by atoms with E-state index >= 15 is 0 Å². The Morgan fingerprint density at radius 3 is 2.42 bits per heavy atom. The van der Waals surface area contributed by atoms with Gasteiger partial charge in [0.2, 0.25) is 17.7 Å². The van der Waals surface area contributed by atoms with E-state index in [0.717, 1.165) is 19.4 Å². The van der Waals surface area contributed by atoms with Gasteiger partial charge in [0.1, 0.15) is 0 Å². The summed E-state index contributed by atoms with van der Waals surface area (Å²) >= 11 is 0. The Morgan fingerprint density at radius 1 is 1.08 bits per heavy atom. The van der Waals surface area contributed by atoms with Gasteiger partial charge in [-0.2, -0.15) is 0 Å². The summed E-state index contributed by atoms with van der Waals surface area (Å²) in [5, 5.41) is 0. The van der Waals surface area contributed by atoms with Crippen LogP contribution in [-0.4, -0.2) is 48.2 Å². The summed E-state index contributed by atoms with van der Waals surface area (Å²) in [6.45, 7) is 2.85. The van der Waals surface area contributed by atoms with E-state index in [9.17, 15) is 14.4 Å². The molecule has 0 N–H and O–H groups in total. The molecule has 0 aromatic heterocycles. The molecule has 0 aromatic carbocycles. The molecule has 3 aliphatic rings. The standard InChI is InChI=1S/C19H30N2O3/c1-12-9-10-14-16(19(24)21(3)17(14)22)15(12)18(23)20(2)11-13-7-5-4-6-8-13/h12-16H,4-11H2,1-3H3/t12-,14+,15+,16+/m1/s1. The highest BCUT2D eigenvalue weighted by molar-refractivity contribution is 6.06. The molecule has 134 valence electrons. The molecule has 5 heteroatoms. The van der Waals surface area contributed by atoms with Crippen molar-refractivity contribution in [2.45, 2.75) is 51.9 Å². The Kier molecular flexibility index (Phi) is 4.97. The van der Waals surface area contributed by atoms with Gasteiger partial charge in [0.15, 0.2) is 0 Å². The summed E-state index contributed by atoms with van der Waals surface area (Å²) in [6, 6.07) is 0. The van der Waals surface area contributed by atoms with Gasteiger partial charge in [-0.3, -0.25) is 19.3 Å². The highest BCUT2D eigenvalue weighted by Gasteiger charge is 2.55. The quantitative estimate of drug-likeness (QED) is 0.744. The number of fused-ring (bicyclic) bond motifs is 1. The zero-order chi connectivity index (χ0) is 17.4. The number of likely N-dealkylation sites (tertiary alicyclic amines) is 1. The van der Waals surface area contributed by atoms with Crippen molar-refractivity contribution in [3.05, 3.63) is 0 Å². The molecule has 0 radical (unpaired) electrons. The third-order valence-electron chi connectivity index (χ3n) is 6.55. The lowest BCUT2D eigenvalue weighted by Crippen LogP contribution is -2.47. The van der Waals surface area contributed by atoms with Crippen LogP contribution in [0.3, 0.4) is 0 Å². The highest BCUT2D eigenvalue weighted by Crippen LogP contribution is 2.45. The zero-order valence-corrected chi connectivity index (χ0v) is 15.2. The second-order valence-corrected chi connectivity index (χ2v) is 8.17. The lowest BCUT2D eigenvalue weighted by atomic mass is 9.67. The second-order valence-electron chi connectivity index (χ2n) is 8.17. The molecule has 0 unspecified atom stereocenters. The molecule has 5 nitrogen and oxygen atoms in total. The number of carbonyl (C=O) groups is 3. The molecule has 3 rings (SSSR count). The van der Waals surface area contributed by atoms with E-state index in [1.165, 1.54) is 37.0 Å². The smallest absolute Gasteiger partial charge is 0.233 e. The number of amides is 3. The first-order valence-electron chi connectivity index (χ1n) is 9.48. The van der Waals surface area contributed by atoms with Gasteiger partial charge in [-0.15, -0.1) is 0 Å². The van der Waals surface area contributed by atoms with Crippen molar-refractivity contribution in [1.29, 1.82) is 0 Å². The van der Waals surface area contributed by atoms with Gasteiger partial charge >= 0.3 is 0 Å². The maximum atomic E-state index is 13.1. The van der Waals surface area contributed by atoms with Crippen LogP contribution >= 0.6 is 0 Å². The summed E-state index contributed by atoms with van der Waals surface area (Å²) in [4.78, 5) is 41.1. The third kappa shape index (κ3) is 2.98. The topological polar surface area (TPSA) is 57.7 Å². The predicted molar refractivity (Wildman–Crippen MR) is 90.9 cm³/mol. The third-order valence-corrected chi connectivity index (χ3v) is 6.55. The molecule has 24 heavy (non-hydrogen) atoms. The minimum Gasteiger partial charge on any atom is -0.345 e. The van der Waals surface area contributed by atoms with Crippen molar-refractivity contribution in [2.24, 2.45) is 29.6 Å². The lowest BCUT2D eigenvalue weighted by molar-refractivity contribution is -0.147. The van der Waals surface area contributed by atoms with Crippen LogP contribution in [0.2, 0.25) is 0 Å². The zero-order valence-electron chi connectivity index (χ0n) is 15.2. The first-order chi connectivity index (χ1) is 11.4. The average Bonchev–Trinajstić information content (AvgIpc) is 2.79. The van der Waals surface area contributed by atoms with Gasteiger partial charge < -0.3 is 4.90 Å². The van der Waals surface area contributed by atoms with E-state index in [4.69, 9.17) is 0 Å². The Balaban J connectivity index is 1.74. The van der Waals surface area contributed by atoms with E-state index in [2.05, 4.69) is 6.92 Å². The Labute approximate surface area is 144 Å². The molecule has 1 saturated heterocycles. The van der Waals surface area contributed by atoms with Crippen LogP contribution in [0, 0.1) is 29.6 Å². The van der Waals surface area contributed by atoms with Gasteiger partial charge in [-0.05, 0) is 37.5 Å². The van der Waals surface area contributed by atoms with E-state index in [0.29, 0.717) is 5.92 Å². The van der Waals surface area contributed by atoms with Crippen molar-refractivity contribution < 1.29 is 14.4 Å². The summed E-state index contributed by atoms with van der Waals surface area (Å²) < 4.78 is 0. The molecule has 3 fully saturated rings. The first-order valence-corrected chi connectivity index (χ1v) is 9.48. The molecule has 2 aliphatic carbocycles. The minimum atomic E-state index is -0.437. The SMILES string of the molecule is C[C@@H]1CC[C@@H]2C(=O)N(C)C(=O)[C@@H]2[C@H]1C(=O)N(C)CC1CCCCC1. The van der Waals surface area contributed by atoms with E-state index < -0.39 is 5.92 Å². The summed E-state index contributed by atoms with van der Waals surface area (Å²) in [7, 11) is 3.43. The fourth-order valence-corrected chi connectivity index (χ4v) is 5.09. The van der Waals surface area contributed by atoms with Crippen LogP contribution in [0.4, 0.5) is 0 Å². The molecule has 0 spiro atoms. The van der Waals surface area contributed by atoms with E-state index in [1.807, 2.05) is 11.9 Å². The molecule has 4 atom stereocenters. The lowest BCUT2D eigenvalue weighted by Gasteiger charge is -2.38. The van der Waals surface area contributed by atoms with Gasteiger partial charge in [-0.1, -0.05) is 26.2 Å². The molecule has 0 aromatic rings. The molecule has 1 heterocycles. The molecule has 2 saturated carbocycles. The van der Waals surface area contributed by atoms with E-state index in [-0.39, 0.29) is 35.5 Å². The van der Waals surface area contributed by atoms with Gasteiger partial charge in [0, 0.05) is 20.6 Å². The number of hydrogen-bond acceptors (Lipinski definition) is 3. The van der Waals surface area contributed by atoms with Crippen LogP contribution in [0.5, 0.6) is 0 Å². The fourth-order valence-electron chi connectivity index (χ4n) is 5.09. The predicted octanol–water partition coefficient (Wildman–Crippen LogP) is 2.30. The molecule has 3 amide bonds. The number of carbonyl (C=O) groups excluding carboxylic acids is 3. The largest absolute Gasteiger partial charge is 0.345 e. The molecule has 1 aliphatic heterocycles. The van der Waals surface area contributed by atoms with Gasteiger partial charge in [0.05, 0.1) is 17.8 Å². The molecular formula is C19H30N2O3. The number of nitrogens with zero attached hydrogens (tertiary/aromatic N) is 2. The van der Waals surface area contributed by atoms with Crippen molar-refractivity contribution in [2.75, 3.05) is 20.6 Å². The normalized spacial score (nSPS) is 34.4. The van der Waals surface area contributed by atoms with Crippen LogP contribution in [-0.2, 0) is 14.4 Å². The molecule has 0 bridgehead atoms. The fraction of sp³-hybridized carbons (Fsp3) is 0.842. The first kappa shape index (κ1) is 17.4. The second kappa shape index (κ2) is 6.85. The van der Waals surface area contributed by atoms with Crippen LogP contribution in [0.1, 0.15) is 51.9 Å². The maximum absolute atomic E-state index is 13.1. The van der Waals surface area contributed by atoms with Crippen molar-refractivity contribution >= 4 is 17.7 Å². The van der Waals surface area contributed by atoms with Gasteiger partial charge in [0.25, 0.3) is 0 Å². The minimum absolute atomic E-state index is 0.0687. The van der Waals surface area contributed by atoms with Crippen molar-refractivity contribution in [3.8, 4) is 0 Å². The summed E-state index contributed by atoms with van der Waals surface area (Å²) in [6.07, 6.45) is 7.80. The monoisotopic (exact) mass is 334 g/mol. The van der Waals surface area contributed by atoms with Crippen molar-refractivity contribution in [3.63, 3.8) is 0 Å². The van der Waals surface area contributed by atoms with Crippen LogP contribution in [0.25, 0.3) is 0 Å². The average molecular weight is 334 g/mol. The summed E-state index contributed by atoms with van der Waals surface area (Å²) in [5.74, 6) is -0.478.